The molecule has 0 aromatic carbocycles. The molecule has 0 aliphatic heterocycles. The average molecular weight is 457 g/mol. The van der Waals surface area contributed by atoms with Crippen molar-refractivity contribution in [3.8, 4) is 0 Å². The summed E-state index contributed by atoms with van der Waals surface area (Å²) in [7, 11) is 0. The van der Waals surface area contributed by atoms with Gasteiger partial charge in [-0.05, 0) is 91.3 Å². The average Bonchev–Trinajstić information content (AvgIpc) is 3.07. The van der Waals surface area contributed by atoms with Crippen LogP contribution in [-0.4, -0.2) is 17.4 Å². The Morgan fingerprint density at radius 2 is 1.70 bits per heavy atom. The van der Waals surface area contributed by atoms with Crippen molar-refractivity contribution < 1.29 is 14.7 Å². The zero-order chi connectivity index (χ0) is 24.6. The maximum atomic E-state index is 12.1. The van der Waals surface area contributed by atoms with Gasteiger partial charge in [0.15, 0.2) is 0 Å². The summed E-state index contributed by atoms with van der Waals surface area (Å²) in [4.78, 5) is 24.2. The summed E-state index contributed by atoms with van der Waals surface area (Å²) in [5.74, 6) is 1.66. The van der Waals surface area contributed by atoms with E-state index in [1.807, 2.05) is 13.8 Å². The van der Waals surface area contributed by atoms with Gasteiger partial charge in [-0.2, -0.15) is 0 Å². The summed E-state index contributed by atoms with van der Waals surface area (Å²) in [6, 6.07) is 0. The fraction of sp³-hybridized carbons (Fsp3) is 0.867. The minimum absolute atomic E-state index is 0.0796. The van der Waals surface area contributed by atoms with E-state index in [2.05, 4.69) is 41.5 Å². The van der Waals surface area contributed by atoms with Gasteiger partial charge in [0.05, 0.1) is 6.42 Å². The van der Waals surface area contributed by atoms with Crippen molar-refractivity contribution in [3.63, 3.8) is 0 Å². The van der Waals surface area contributed by atoms with Gasteiger partial charge in [-0.1, -0.05) is 66.5 Å². The second-order valence-corrected chi connectivity index (χ2v) is 14.2. The van der Waals surface area contributed by atoms with Crippen molar-refractivity contribution in [2.75, 3.05) is 0 Å². The van der Waals surface area contributed by atoms with E-state index in [4.69, 9.17) is 0 Å². The van der Waals surface area contributed by atoms with Crippen LogP contribution in [0.1, 0.15) is 113 Å². The molecule has 4 aliphatic rings. The number of aldehydes is 1. The molecule has 0 amide bonds. The lowest BCUT2D eigenvalue weighted by atomic mass is 9.38. The highest BCUT2D eigenvalue weighted by Crippen LogP contribution is 2.75. The molecule has 0 radical (unpaired) electrons. The molecule has 7 atom stereocenters. The first-order valence-electron chi connectivity index (χ1n) is 13.6. The summed E-state index contributed by atoms with van der Waals surface area (Å²) >= 11 is 0. The van der Waals surface area contributed by atoms with Crippen LogP contribution in [-0.2, 0) is 9.59 Å². The molecule has 0 heterocycles. The van der Waals surface area contributed by atoms with Gasteiger partial charge in [0, 0.05) is 10.8 Å². The molecule has 186 valence electrons. The van der Waals surface area contributed by atoms with Crippen molar-refractivity contribution in [2.45, 2.75) is 113 Å². The van der Waals surface area contributed by atoms with Crippen LogP contribution in [0.2, 0.25) is 0 Å². The fourth-order valence-corrected chi connectivity index (χ4v) is 10.5. The van der Waals surface area contributed by atoms with Gasteiger partial charge < -0.3 is 9.90 Å². The number of fused-ring (bicyclic) bond motifs is 4. The summed E-state index contributed by atoms with van der Waals surface area (Å²) in [6.45, 7) is 18.8. The maximum absolute atomic E-state index is 12.1. The monoisotopic (exact) mass is 456 g/mol. The minimum Gasteiger partial charge on any atom is -0.481 e. The SMILES string of the molecule is CC(C)C1CCC2C1(C)CCC1(C)C3=C(CCC21C)C(C)(CC(=O)O)C(C(C)(C)C=O)CC3. The lowest BCUT2D eigenvalue weighted by Crippen LogP contribution is -2.58. The molecule has 0 aromatic heterocycles. The number of hydrogen-bond donors (Lipinski definition) is 1. The lowest BCUT2D eigenvalue weighted by Gasteiger charge is -2.66. The first-order chi connectivity index (χ1) is 15.2. The maximum Gasteiger partial charge on any atom is 0.304 e. The van der Waals surface area contributed by atoms with Crippen LogP contribution in [0.5, 0.6) is 0 Å². The van der Waals surface area contributed by atoms with E-state index in [-0.39, 0.29) is 23.2 Å². The van der Waals surface area contributed by atoms with E-state index in [0.29, 0.717) is 5.41 Å². The predicted octanol–water partition coefficient (Wildman–Crippen LogP) is 7.69. The predicted molar refractivity (Wildman–Crippen MR) is 134 cm³/mol. The quantitative estimate of drug-likeness (QED) is 0.341. The Labute approximate surface area is 202 Å². The molecule has 4 aliphatic carbocycles. The summed E-state index contributed by atoms with van der Waals surface area (Å²) in [5, 5.41) is 9.95. The highest BCUT2D eigenvalue weighted by atomic mass is 16.4. The van der Waals surface area contributed by atoms with Crippen molar-refractivity contribution in [1.29, 1.82) is 0 Å². The van der Waals surface area contributed by atoms with E-state index in [1.165, 1.54) is 31.3 Å². The van der Waals surface area contributed by atoms with Crippen molar-refractivity contribution in [1.82, 2.24) is 0 Å². The number of aliphatic carboxylic acids is 1. The standard InChI is InChI=1S/C30H48O3/c1-19(2)20-9-12-24-27(20,5)15-16-29(7)22-10-11-23(26(3,4)18-31)28(6,17-25(32)33)21(22)13-14-30(24,29)8/h18-20,23-24H,9-17H2,1-8H3,(H,32,33). The number of carboxylic acid groups (broad SMARTS) is 1. The Bertz CT molecular complexity index is 868. The second-order valence-electron chi connectivity index (χ2n) is 14.2. The number of allylic oxidation sites excluding steroid dienone is 2. The minimum atomic E-state index is -0.733. The third kappa shape index (κ3) is 3.26. The molecule has 2 fully saturated rings. The van der Waals surface area contributed by atoms with Gasteiger partial charge in [0.25, 0.3) is 0 Å². The lowest BCUT2D eigenvalue weighted by molar-refractivity contribution is -0.143. The molecular weight excluding hydrogens is 408 g/mol. The van der Waals surface area contributed by atoms with Crippen molar-refractivity contribution >= 4 is 12.3 Å². The Hall–Kier alpha value is -1.12. The second kappa shape index (κ2) is 7.69. The number of hydrogen-bond acceptors (Lipinski definition) is 2. The van der Waals surface area contributed by atoms with E-state index < -0.39 is 16.8 Å². The Balaban J connectivity index is 1.82. The molecule has 1 N–H and O–H groups in total. The third-order valence-electron chi connectivity index (χ3n) is 12.2. The largest absolute Gasteiger partial charge is 0.481 e. The normalized spacial score (nSPS) is 45.4. The van der Waals surface area contributed by atoms with Gasteiger partial charge in [0.1, 0.15) is 6.29 Å². The van der Waals surface area contributed by atoms with Gasteiger partial charge in [-0.25, -0.2) is 0 Å². The fourth-order valence-electron chi connectivity index (χ4n) is 10.5. The Kier molecular flexibility index (Phi) is 5.82. The van der Waals surface area contributed by atoms with E-state index in [9.17, 15) is 14.7 Å². The summed E-state index contributed by atoms with van der Waals surface area (Å²) < 4.78 is 0. The van der Waals surface area contributed by atoms with E-state index in [0.717, 1.165) is 49.7 Å². The number of carboxylic acids is 1. The molecule has 0 spiro atoms. The van der Waals surface area contributed by atoms with Crippen LogP contribution in [0.25, 0.3) is 0 Å². The topological polar surface area (TPSA) is 54.4 Å². The van der Waals surface area contributed by atoms with Crippen molar-refractivity contribution in [2.24, 2.45) is 50.7 Å². The third-order valence-corrected chi connectivity index (χ3v) is 12.2. The van der Waals surface area contributed by atoms with Crippen LogP contribution < -0.4 is 0 Å². The van der Waals surface area contributed by atoms with Gasteiger partial charge in [-0.15, -0.1) is 0 Å². The van der Waals surface area contributed by atoms with Gasteiger partial charge >= 0.3 is 5.97 Å². The van der Waals surface area contributed by atoms with Crippen molar-refractivity contribution in [3.05, 3.63) is 11.1 Å². The van der Waals surface area contributed by atoms with Crippen LogP contribution in [0.15, 0.2) is 11.1 Å². The van der Waals surface area contributed by atoms with Gasteiger partial charge in [0.2, 0.25) is 0 Å². The molecule has 0 saturated heterocycles. The zero-order valence-electron chi connectivity index (χ0n) is 22.5. The number of carbonyl (C=O) groups is 2. The van der Waals surface area contributed by atoms with E-state index >= 15 is 0 Å². The molecule has 33 heavy (non-hydrogen) atoms. The number of carbonyl (C=O) groups excluding carboxylic acids is 1. The Morgan fingerprint density at radius 1 is 1.03 bits per heavy atom. The Morgan fingerprint density at radius 3 is 2.27 bits per heavy atom. The smallest absolute Gasteiger partial charge is 0.304 e. The molecule has 7 unspecified atom stereocenters. The van der Waals surface area contributed by atoms with Crippen LogP contribution in [0.3, 0.4) is 0 Å². The molecule has 0 aromatic rings. The molecule has 0 bridgehead atoms. The highest BCUT2D eigenvalue weighted by Gasteiger charge is 2.66. The summed E-state index contributed by atoms with van der Waals surface area (Å²) in [6.07, 6.45) is 10.6. The summed E-state index contributed by atoms with van der Waals surface area (Å²) in [5.41, 5.74) is 2.91. The number of rotatable bonds is 5. The molecule has 3 heteroatoms. The molecule has 3 nitrogen and oxygen atoms in total. The van der Waals surface area contributed by atoms with Crippen LogP contribution in [0.4, 0.5) is 0 Å². The van der Waals surface area contributed by atoms with Crippen LogP contribution >= 0.6 is 0 Å². The zero-order valence-corrected chi connectivity index (χ0v) is 22.5. The first-order valence-corrected chi connectivity index (χ1v) is 13.6. The van der Waals surface area contributed by atoms with Crippen LogP contribution in [0, 0.1) is 50.7 Å². The van der Waals surface area contributed by atoms with Gasteiger partial charge in [-0.3, -0.25) is 4.79 Å². The molecule has 2 saturated carbocycles. The molecule has 4 rings (SSSR count). The highest BCUT2D eigenvalue weighted by molar-refractivity contribution is 5.69. The first kappa shape index (κ1) is 25.0. The molecular formula is C30H48O3. The van der Waals surface area contributed by atoms with E-state index in [1.54, 1.807) is 5.57 Å².